The summed E-state index contributed by atoms with van der Waals surface area (Å²) < 4.78 is 0. The van der Waals surface area contributed by atoms with E-state index in [1.54, 1.807) is 12.2 Å². The Hall–Kier alpha value is -2.06. The van der Waals surface area contributed by atoms with E-state index < -0.39 is 36.6 Å². The summed E-state index contributed by atoms with van der Waals surface area (Å²) in [4.78, 5) is 46.6. The molecule has 0 aliphatic heterocycles. The lowest BCUT2D eigenvalue weighted by Gasteiger charge is -2.18. The average Bonchev–Trinajstić information content (AvgIpc) is 2.98. The van der Waals surface area contributed by atoms with Gasteiger partial charge in [0.2, 0.25) is 5.91 Å². The molecule has 1 saturated carbocycles. The number of hydrogen-bond donors (Lipinski definition) is 4. The third-order valence-corrected chi connectivity index (χ3v) is 5.98. The molecular formula is C24H39NO7. The fraction of sp³-hybridized carbons (Fsp3) is 0.750. The van der Waals surface area contributed by atoms with E-state index in [4.69, 9.17) is 5.11 Å². The number of carboxylic acids is 1. The summed E-state index contributed by atoms with van der Waals surface area (Å²) >= 11 is 0. The number of aliphatic hydroxyl groups excluding tert-OH is 2. The monoisotopic (exact) mass is 453 g/mol. The van der Waals surface area contributed by atoms with E-state index in [9.17, 15) is 29.4 Å². The Kier molecular flexibility index (Phi) is 13.0. The van der Waals surface area contributed by atoms with Crippen molar-refractivity contribution in [3.8, 4) is 0 Å². The van der Waals surface area contributed by atoms with Crippen molar-refractivity contribution in [1.82, 2.24) is 5.32 Å². The van der Waals surface area contributed by atoms with Gasteiger partial charge in [-0.25, -0.2) is 0 Å². The van der Waals surface area contributed by atoms with Gasteiger partial charge in [0, 0.05) is 37.5 Å². The van der Waals surface area contributed by atoms with Crippen LogP contribution in [0.2, 0.25) is 0 Å². The molecule has 1 fully saturated rings. The van der Waals surface area contributed by atoms with E-state index in [0.29, 0.717) is 25.2 Å². The van der Waals surface area contributed by atoms with Crippen molar-refractivity contribution < 1.29 is 34.5 Å². The molecule has 1 amide bonds. The first kappa shape index (κ1) is 28.0. The van der Waals surface area contributed by atoms with Gasteiger partial charge in [-0.2, -0.15) is 0 Å². The number of hydrogen-bond acceptors (Lipinski definition) is 6. The standard InChI is InChI=1S/C24H39NO7/c1-3-4-7-16(2)12-18(27)10-11-19-20(22(29)14-21(19)28)13-17(26)8-5-6-9-23(30)25-15-24(31)32/h10-11,16,18-21,27-28H,3-9,12-15H2,1-2H3,(H,25,30)(H,31,32)/b11-10+/t16-,18?,19+,20+,21+/m0/s1. The number of amides is 1. The highest BCUT2D eigenvalue weighted by Gasteiger charge is 2.40. The molecule has 1 unspecified atom stereocenters. The number of ketones is 2. The Bertz CT molecular complexity index is 661. The van der Waals surface area contributed by atoms with Gasteiger partial charge in [0.1, 0.15) is 18.1 Å². The predicted octanol–water partition coefficient (Wildman–Crippen LogP) is 2.41. The predicted molar refractivity (Wildman–Crippen MR) is 120 cm³/mol. The number of aliphatic hydroxyl groups is 2. The van der Waals surface area contributed by atoms with E-state index >= 15 is 0 Å². The van der Waals surface area contributed by atoms with E-state index in [1.165, 1.54) is 0 Å². The molecule has 1 rings (SSSR count). The van der Waals surface area contributed by atoms with Crippen LogP contribution >= 0.6 is 0 Å². The Morgan fingerprint density at radius 2 is 1.88 bits per heavy atom. The molecule has 32 heavy (non-hydrogen) atoms. The van der Waals surface area contributed by atoms with Gasteiger partial charge in [-0.3, -0.25) is 19.2 Å². The Labute approximate surface area is 190 Å². The lowest BCUT2D eigenvalue weighted by Crippen LogP contribution is -2.28. The zero-order valence-corrected chi connectivity index (χ0v) is 19.3. The summed E-state index contributed by atoms with van der Waals surface area (Å²) in [5.74, 6) is -2.41. The maximum Gasteiger partial charge on any atom is 0.322 e. The fourth-order valence-electron chi connectivity index (χ4n) is 4.12. The third-order valence-electron chi connectivity index (χ3n) is 5.98. The zero-order valence-electron chi connectivity index (χ0n) is 19.3. The molecule has 4 N–H and O–H groups in total. The van der Waals surface area contributed by atoms with E-state index in [2.05, 4.69) is 19.2 Å². The molecule has 0 saturated heterocycles. The van der Waals surface area contributed by atoms with E-state index in [0.717, 1.165) is 19.3 Å². The number of Topliss-reactive ketones (excluding diaryl/α,β-unsaturated/α-hetero) is 2. The molecule has 0 spiro atoms. The van der Waals surface area contributed by atoms with Crippen LogP contribution in [-0.4, -0.2) is 57.5 Å². The highest BCUT2D eigenvalue weighted by atomic mass is 16.4. The quantitative estimate of drug-likeness (QED) is 0.208. The van der Waals surface area contributed by atoms with Crippen LogP contribution in [-0.2, 0) is 19.2 Å². The molecule has 0 heterocycles. The summed E-state index contributed by atoms with van der Waals surface area (Å²) in [5.41, 5.74) is 0. The van der Waals surface area contributed by atoms with Crippen LogP contribution in [0.25, 0.3) is 0 Å². The normalized spacial score (nSPS) is 22.8. The SMILES string of the molecule is CCCC[C@H](C)CC(O)/C=C/[C@H]1[C@H](O)CC(=O)[C@@H]1CC(=O)CCCCC(=O)NCC(=O)O. The van der Waals surface area contributed by atoms with Crippen molar-refractivity contribution in [3.05, 3.63) is 12.2 Å². The maximum absolute atomic E-state index is 12.4. The molecular weight excluding hydrogens is 414 g/mol. The first-order valence-corrected chi connectivity index (χ1v) is 11.7. The van der Waals surface area contributed by atoms with Gasteiger partial charge in [-0.1, -0.05) is 45.3 Å². The van der Waals surface area contributed by atoms with Crippen molar-refractivity contribution in [2.45, 2.75) is 90.3 Å². The minimum absolute atomic E-state index is 0.0136. The van der Waals surface area contributed by atoms with Gasteiger partial charge in [0.05, 0.1) is 12.2 Å². The molecule has 8 nitrogen and oxygen atoms in total. The highest BCUT2D eigenvalue weighted by Crippen LogP contribution is 2.34. The highest BCUT2D eigenvalue weighted by molar-refractivity contribution is 5.90. The molecule has 1 aliphatic rings. The molecule has 5 atom stereocenters. The number of aliphatic carboxylic acids is 1. The van der Waals surface area contributed by atoms with Crippen LogP contribution < -0.4 is 5.32 Å². The second-order valence-corrected chi connectivity index (χ2v) is 8.98. The van der Waals surface area contributed by atoms with E-state index in [1.807, 2.05) is 0 Å². The maximum atomic E-state index is 12.4. The van der Waals surface area contributed by atoms with Crippen molar-refractivity contribution in [1.29, 1.82) is 0 Å². The molecule has 0 radical (unpaired) electrons. The third kappa shape index (κ3) is 11.0. The lowest BCUT2D eigenvalue weighted by molar-refractivity contribution is -0.138. The van der Waals surface area contributed by atoms with Gasteiger partial charge < -0.3 is 20.6 Å². The molecule has 0 aromatic carbocycles. The number of carboxylic acid groups (broad SMARTS) is 1. The molecule has 0 aromatic heterocycles. The smallest absolute Gasteiger partial charge is 0.322 e. The Morgan fingerprint density at radius 1 is 1.19 bits per heavy atom. The van der Waals surface area contributed by atoms with Gasteiger partial charge >= 0.3 is 5.97 Å². The minimum atomic E-state index is -1.11. The van der Waals surface area contributed by atoms with Crippen molar-refractivity contribution >= 4 is 23.4 Å². The largest absolute Gasteiger partial charge is 0.480 e. The molecule has 182 valence electrons. The summed E-state index contributed by atoms with van der Waals surface area (Å²) in [6, 6.07) is 0. The van der Waals surface area contributed by atoms with Gasteiger partial charge in [0.25, 0.3) is 0 Å². The Balaban J connectivity index is 2.46. The molecule has 0 aromatic rings. The van der Waals surface area contributed by atoms with Crippen LogP contribution in [0.4, 0.5) is 0 Å². The average molecular weight is 454 g/mol. The van der Waals surface area contributed by atoms with Gasteiger partial charge in [-0.15, -0.1) is 0 Å². The molecule has 1 aliphatic carbocycles. The number of carbonyl (C=O) groups is 4. The van der Waals surface area contributed by atoms with Crippen LogP contribution in [0.15, 0.2) is 12.2 Å². The molecule has 8 heteroatoms. The molecule has 0 bridgehead atoms. The van der Waals surface area contributed by atoms with E-state index in [-0.39, 0.29) is 43.2 Å². The minimum Gasteiger partial charge on any atom is -0.480 e. The number of unbranched alkanes of at least 4 members (excludes halogenated alkanes) is 2. The Morgan fingerprint density at radius 3 is 2.53 bits per heavy atom. The van der Waals surface area contributed by atoms with Crippen LogP contribution in [0, 0.1) is 17.8 Å². The van der Waals surface area contributed by atoms with Crippen LogP contribution in [0.5, 0.6) is 0 Å². The van der Waals surface area contributed by atoms with Gasteiger partial charge in [-0.05, 0) is 25.2 Å². The van der Waals surface area contributed by atoms with Crippen molar-refractivity contribution in [3.63, 3.8) is 0 Å². The van der Waals surface area contributed by atoms with Gasteiger partial charge in [0.15, 0.2) is 0 Å². The first-order valence-electron chi connectivity index (χ1n) is 11.7. The van der Waals surface area contributed by atoms with Crippen molar-refractivity contribution in [2.75, 3.05) is 6.54 Å². The number of carbonyl (C=O) groups excluding carboxylic acids is 3. The number of rotatable bonds is 16. The second kappa shape index (κ2) is 14.9. The number of nitrogens with one attached hydrogen (secondary N) is 1. The zero-order chi connectivity index (χ0) is 24.1. The fourth-order valence-corrected chi connectivity index (χ4v) is 4.12. The summed E-state index contributed by atoms with van der Waals surface area (Å²) in [6.07, 6.45) is 7.07. The lowest BCUT2D eigenvalue weighted by atomic mass is 9.87. The van der Waals surface area contributed by atoms with Crippen LogP contribution in [0.1, 0.15) is 78.1 Å². The van der Waals surface area contributed by atoms with Crippen molar-refractivity contribution in [2.24, 2.45) is 17.8 Å². The van der Waals surface area contributed by atoms with Crippen LogP contribution in [0.3, 0.4) is 0 Å². The summed E-state index contributed by atoms with van der Waals surface area (Å²) in [6.45, 7) is 3.80. The summed E-state index contributed by atoms with van der Waals surface area (Å²) in [5, 5.41) is 31.3. The first-order chi connectivity index (χ1) is 15.1. The topological polar surface area (TPSA) is 141 Å². The second-order valence-electron chi connectivity index (χ2n) is 8.98. The summed E-state index contributed by atoms with van der Waals surface area (Å²) in [7, 11) is 0.